The molecule has 1 spiro atoms. The van der Waals surface area contributed by atoms with Crippen LogP contribution in [-0.2, 0) is 18.4 Å². The second kappa shape index (κ2) is 4.26. The number of nitrogens with zero attached hydrogens (tertiary/aromatic N) is 5. The highest BCUT2D eigenvalue weighted by atomic mass is 16.2. The number of urea groups is 1. The SMILES string of the molecule is Cn1nnc(CN2C(=O)NC3(CCCNC3)C2=O)n1. The van der Waals surface area contributed by atoms with Crippen LogP contribution in [0.15, 0.2) is 0 Å². The summed E-state index contributed by atoms with van der Waals surface area (Å²) in [7, 11) is 1.63. The molecule has 19 heavy (non-hydrogen) atoms. The summed E-state index contributed by atoms with van der Waals surface area (Å²) in [5.41, 5.74) is -0.794. The second-order valence-corrected chi connectivity index (χ2v) is 4.88. The summed E-state index contributed by atoms with van der Waals surface area (Å²) in [5, 5.41) is 17.4. The molecule has 2 N–H and O–H groups in total. The van der Waals surface area contributed by atoms with Crippen molar-refractivity contribution in [3.63, 3.8) is 0 Å². The molecule has 3 heterocycles. The van der Waals surface area contributed by atoms with Crippen molar-refractivity contribution in [3.8, 4) is 0 Å². The monoisotopic (exact) mass is 265 g/mol. The predicted octanol–water partition coefficient (Wildman–Crippen LogP) is -1.62. The number of carbonyl (C=O) groups excluding carboxylic acids is 2. The number of hydrogen-bond acceptors (Lipinski definition) is 6. The lowest BCUT2D eigenvalue weighted by Gasteiger charge is -2.31. The molecule has 9 nitrogen and oxygen atoms in total. The number of tetrazole rings is 1. The molecule has 3 amide bonds. The summed E-state index contributed by atoms with van der Waals surface area (Å²) in [6.45, 7) is 1.40. The normalized spacial score (nSPS) is 27.1. The Morgan fingerprint density at radius 3 is 2.89 bits per heavy atom. The van der Waals surface area contributed by atoms with E-state index in [-0.39, 0.29) is 18.5 Å². The Balaban J connectivity index is 1.79. The number of carbonyl (C=O) groups is 2. The van der Waals surface area contributed by atoms with E-state index in [1.54, 1.807) is 7.05 Å². The topological polar surface area (TPSA) is 105 Å². The average molecular weight is 265 g/mol. The third kappa shape index (κ3) is 1.95. The van der Waals surface area contributed by atoms with Gasteiger partial charge in [0, 0.05) is 6.54 Å². The van der Waals surface area contributed by atoms with Gasteiger partial charge in [0.1, 0.15) is 5.54 Å². The van der Waals surface area contributed by atoms with Gasteiger partial charge in [0.2, 0.25) is 0 Å². The van der Waals surface area contributed by atoms with Crippen molar-refractivity contribution < 1.29 is 9.59 Å². The smallest absolute Gasteiger partial charge is 0.322 e. The molecule has 1 atom stereocenters. The van der Waals surface area contributed by atoms with E-state index in [2.05, 4.69) is 26.0 Å². The molecule has 102 valence electrons. The lowest BCUT2D eigenvalue weighted by Crippen LogP contribution is -2.57. The summed E-state index contributed by atoms with van der Waals surface area (Å²) >= 11 is 0. The molecule has 2 aliphatic rings. The van der Waals surface area contributed by atoms with Crippen molar-refractivity contribution in [2.75, 3.05) is 13.1 Å². The van der Waals surface area contributed by atoms with Crippen LogP contribution in [0, 0.1) is 0 Å². The minimum atomic E-state index is -0.794. The molecular formula is C10H15N7O2. The maximum atomic E-state index is 12.4. The zero-order chi connectivity index (χ0) is 13.5. The zero-order valence-electron chi connectivity index (χ0n) is 10.6. The van der Waals surface area contributed by atoms with E-state index in [0.717, 1.165) is 17.9 Å². The third-order valence-corrected chi connectivity index (χ3v) is 3.48. The van der Waals surface area contributed by atoms with Crippen molar-refractivity contribution >= 4 is 11.9 Å². The Morgan fingerprint density at radius 1 is 1.42 bits per heavy atom. The number of piperidine rings is 1. The molecule has 0 radical (unpaired) electrons. The summed E-state index contributed by atoms with van der Waals surface area (Å²) in [4.78, 5) is 26.8. The number of hydrogen-bond donors (Lipinski definition) is 2. The molecule has 2 saturated heterocycles. The minimum Gasteiger partial charge on any atom is -0.322 e. The summed E-state index contributed by atoms with van der Waals surface area (Å²) in [6, 6.07) is -0.388. The van der Waals surface area contributed by atoms with Crippen LogP contribution in [0.4, 0.5) is 4.79 Å². The first-order valence-corrected chi connectivity index (χ1v) is 6.18. The van der Waals surface area contributed by atoms with Gasteiger partial charge in [-0.3, -0.25) is 9.69 Å². The highest BCUT2D eigenvalue weighted by molar-refractivity contribution is 6.07. The predicted molar refractivity (Wildman–Crippen MR) is 62.7 cm³/mol. The molecule has 0 aliphatic carbocycles. The van der Waals surface area contributed by atoms with E-state index in [1.807, 2.05) is 0 Å². The fourth-order valence-corrected chi connectivity index (χ4v) is 2.54. The molecule has 9 heteroatoms. The molecule has 0 bridgehead atoms. The molecule has 2 aliphatic heterocycles. The van der Waals surface area contributed by atoms with E-state index in [0.29, 0.717) is 18.8 Å². The van der Waals surface area contributed by atoms with Gasteiger partial charge in [0.25, 0.3) is 5.91 Å². The average Bonchev–Trinajstić information content (AvgIpc) is 2.89. The highest BCUT2D eigenvalue weighted by Crippen LogP contribution is 2.25. The van der Waals surface area contributed by atoms with Crippen molar-refractivity contribution in [1.82, 2.24) is 35.7 Å². The van der Waals surface area contributed by atoms with E-state index >= 15 is 0 Å². The standard InChI is InChI=1S/C10H15N7O2/c1-16-14-7(13-15-16)5-17-8(18)10(12-9(17)19)3-2-4-11-6-10/h11H,2-6H2,1H3,(H,12,19). The van der Waals surface area contributed by atoms with Crippen LogP contribution in [0.1, 0.15) is 18.7 Å². The number of nitrogens with one attached hydrogen (secondary N) is 2. The fourth-order valence-electron chi connectivity index (χ4n) is 2.54. The first-order chi connectivity index (χ1) is 9.11. The number of aromatic nitrogens is 4. The van der Waals surface area contributed by atoms with Crippen molar-refractivity contribution in [2.24, 2.45) is 7.05 Å². The van der Waals surface area contributed by atoms with Gasteiger partial charge in [-0.2, -0.15) is 4.80 Å². The second-order valence-electron chi connectivity index (χ2n) is 4.88. The van der Waals surface area contributed by atoms with Crippen LogP contribution in [-0.4, -0.2) is 55.7 Å². The summed E-state index contributed by atoms with van der Waals surface area (Å²) in [5.74, 6) is 0.143. The Kier molecular flexibility index (Phi) is 2.70. The Hall–Kier alpha value is -2.03. The number of aryl methyl sites for hydroxylation is 1. The van der Waals surface area contributed by atoms with Gasteiger partial charge in [-0.05, 0) is 24.6 Å². The van der Waals surface area contributed by atoms with Crippen molar-refractivity contribution in [1.29, 1.82) is 0 Å². The van der Waals surface area contributed by atoms with Gasteiger partial charge < -0.3 is 10.6 Å². The van der Waals surface area contributed by atoms with E-state index in [1.165, 1.54) is 4.80 Å². The molecule has 2 fully saturated rings. The van der Waals surface area contributed by atoms with Gasteiger partial charge in [-0.25, -0.2) is 4.79 Å². The maximum absolute atomic E-state index is 12.4. The van der Waals surface area contributed by atoms with Gasteiger partial charge in [0.05, 0.1) is 13.6 Å². The number of rotatable bonds is 2. The van der Waals surface area contributed by atoms with Crippen LogP contribution in [0.3, 0.4) is 0 Å². The lowest BCUT2D eigenvalue weighted by molar-refractivity contribution is -0.132. The van der Waals surface area contributed by atoms with E-state index in [4.69, 9.17) is 0 Å². The fraction of sp³-hybridized carbons (Fsp3) is 0.700. The molecular weight excluding hydrogens is 250 g/mol. The van der Waals surface area contributed by atoms with Crippen LogP contribution in [0.2, 0.25) is 0 Å². The minimum absolute atomic E-state index is 0.0558. The van der Waals surface area contributed by atoms with Crippen LogP contribution in [0.25, 0.3) is 0 Å². The van der Waals surface area contributed by atoms with Crippen LogP contribution < -0.4 is 10.6 Å². The number of imide groups is 1. The summed E-state index contributed by atoms with van der Waals surface area (Å²) in [6.07, 6.45) is 1.53. The highest BCUT2D eigenvalue weighted by Gasteiger charge is 2.51. The Morgan fingerprint density at radius 2 is 2.26 bits per heavy atom. The van der Waals surface area contributed by atoms with Crippen LogP contribution >= 0.6 is 0 Å². The van der Waals surface area contributed by atoms with Gasteiger partial charge in [-0.1, -0.05) is 0 Å². The Labute approximate surface area is 109 Å². The van der Waals surface area contributed by atoms with Crippen molar-refractivity contribution in [3.05, 3.63) is 5.82 Å². The molecule has 1 aromatic heterocycles. The van der Waals surface area contributed by atoms with Crippen molar-refractivity contribution in [2.45, 2.75) is 24.9 Å². The van der Waals surface area contributed by atoms with E-state index < -0.39 is 5.54 Å². The Bertz CT molecular complexity index is 520. The van der Waals surface area contributed by atoms with Crippen LogP contribution in [0.5, 0.6) is 0 Å². The first kappa shape index (κ1) is 12.0. The molecule has 3 rings (SSSR count). The molecule has 0 saturated carbocycles. The third-order valence-electron chi connectivity index (χ3n) is 3.48. The largest absolute Gasteiger partial charge is 0.325 e. The molecule has 1 aromatic rings. The van der Waals surface area contributed by atoms with E-state index in [9.17, 15) is 9.59 Å². The molecule has 1 unspecified atom stereocenters. The first-order valence-electron chi connectivity index (χ1n) is 6.18. The lowest BCUT2D eigenvalue weighted by atomic mass is 9.90. The van der Waals surface area contributed by atoms with Gasteiger partial charge in [-0.15, -0.1) is 10.2 Å². The zero-order valence-corrected chi connectivity index (χ0v) is 10.6. The van der Waals surface area contributed by atoms with Gasteiger partial charge in [0.15, 0.2) is 5.82 Å². The number of amides is 3. The van der Waals surface area contributed by atoms with Gasteiger partial charge >= 0.3 is 6.03 Å². The quantitative estimate of drug-likeness (QED) is 0.623. The molecule has 0 aromatic carbocycles. The summed E-state index contributed by atoms with van der Waals surface area (Å²) < 4.78 is 0. The maximum Gasteiger partial charge on any atom is 0.325 e.